The second-order valence-electron chi connectivity index (χ2n) is 8.13. The summed E-state index contributed by atoms with van der Waals surface area (Å²) >= 11 is 0. The minimum absolute atomic E-state index is 0.230. The molecule has 4 rings (SSSR count). The van der Waals surface area contributed by atoms with E-state index in [9.17, 15) is 0 Å². The molecule has 7 nitrogen and oxygen atoms in total. The molecule has 2 aliphatic heterocycles. The van der Waals surface area contributed by atoms with E-state index in [4.69, 9.17) is 14.3 Å². The van der Waals surface area contributed by atoms with Crippen molar-refractivity contribution in [2.24, 2.45) is 4.99 Å². The summed E-state index contributed by atoms with van der Waals surface area (Å²) in [6, 6.07) is 11.1. The van der Waals surface area contributed by atoms with Crippen LogP contribution in [0, 0.1) is 13.8 Å². The van der Waals surface area contributed by atoms with Crippen molar-refractivity contribution in [3.63, 3.8) is 0 Å². The van der Waals surface area contributed by atoms with Crippen molar-refractivity contribution in [2.45, 2.75) is 45.9 Å². The average Bonchev–Trinajstić information content (AvgIpc) is 3.33. The van der Waals surface area contributed by atoms with Gasteiger partial charge in [-0.25, -0.2) is 0 Å². The zero-order chi connectivity index (χ0) is 20.9. The first kappa shape index (κ1) is 20.9. The molecule has 2 aliphatic rings. The lowest BCUT2D eigenvalue weighted by Gasteiger charge is -2.36. The molecule has 2 saturated heterocycles. The maximum Gasteiger partial charge on any atom is 0.194 e. The highest BCUT2D eigenvalue weighted by Crippen LogP contribution is 2.25. The summed E-state index contributed by atoms with van der Waals surface area (Å²) in [5.74, 6) is 1.87. The lowest BCUT2D eigenvalue weighted by Crippen LogP contribution is -2.50. The highest BCUT2D eigenvalue weighted by Gasteiger charge is 2.41. The van der Waals surface area contributed by atoms with Gasteiger partial charge in [-0.2, -0.15) is 0 Å². The van der Waals surface area contributed by atoms with Crippen LogP contribution < -0.4 is 5.32 Å². The molecule has 2 fully saturated rings. The minimum atomic E-state index is 0.230. The predicted molar refractivity (Wildman–Crippen MR) is 118 cm³/mol. The Kier molecular flexibility index (Phi) is 6.69. The highest BCUT2D eigenvalue weighted by atomic mass is 16.5. The van der Waals surface area contributed by atoms with Crippen LogP contribution in [0.1, 0.15) is 29.5 Å². The van der Waals surface area contributed by atoms with E-state index in [1.165, 1.54) is 11.1 Å². The summed E-state index contributed by atoms with van der Waals surface area (Å²) in [5.41, 5.74) is 3.49. The van der Waals surface area contributed by atoms with Gasteiger partial charge in [0.1, 0.15) is 5.76 Å². The number of benzene rings is 1. The molecule has 0 radical (unpaired) electrons. The number of aryl methyl sites for hydroxylation is 2. The molecule has 1 aromatic heterocycles. The van der Waals surface area contributed by atoms with Crippen molar-refractivity contribution in [3.05, 3.63) is 52.9 Å². The number of nitrogens with zero attached hydrogens (tertiary/aromatic N) is 4. The fourth-order valence-corrected chi connectivity index (χ4v) is 4.50. The van der Waals surface area contributed by atoms with Crippen molar-refractivity contribution in [2.75, 3.05) is 39.3 Å². The number of likely N-dealkylation sites (tertiary alicyclic amines) is 1. The van der Waals surface area contributed by atoms with Crippen LogP contribution in [0.4, 0.5) is 0 Å². The van der Waals surface area contributed by atoms with Crippen molar-refractivity contribution in [1.82, 2.24) is 20.3 Å². The lowest BCUT2D eigenvalue weighted by molar-refractivity contribution is -0.0502. The Morgan fingerprint density at radius 1 is 1.23 bits per heavy atom. The van der Waals surface area contributed by atoms with Crippen LogP contribution in [0.2, 0.25) is 0 Å². The molecule has 1 aromatic carbocycles. The summed E-state index contributed by atoms with van der Waals surface area (Å²) in [5, 5.41) is 7.52. The maximum atomic E-state index is 6.14. The van der Waals surface area contributed by atoms with E-state index >= 15 is 0 Å². The zero-order valence-corrected chi connectivity index (χ0v) is 18.3. The van der Waals surface area contributed by atoms with Crippen LogP contribution in [-0.4, -0.2) is 72.4 Å². The smallest absolute Gasteiger partial charge is 0.194 e. The average molecular weight is 412 g/mol. The van der Waals surface area contributed by atoms with Gasteiger partial charge in [-0.3, -0.25) is 9.89 Å². The van der Waals surface area contributed by atoms with Gasteiger partial charge in [0.25, 0.3) is 0 Å². The van der Waals surface area contributed by atoms with Crippen molar-refractivity contribution >= 4 is 5.96 Å². The van der Waals surface area contributed by atoms with Crippen LogP contribution >= 0.6 is 0 Å². The van der Waals surface area contributed by atoms with Crippen molar-refractivity contribution in [3.8, 4) is 0 Å². The van der Waals surface area contributed by atoms with Crippen LogP contribution in [0.5, 0.6) is 0 Å². The molecule has 3 heterocycles. The molecule has 2 atom stereocenters. The van der Waals surface area contributed by atoms with Crippen LogP contribution in [-0.2, 0) is 17.7 Å². The maximum absolute atomic E-state index is 6.14. The van der Waals surface area contributed by atoms with Gasteiger partial charge in [-0.1, -0.05) is 35.5 Å². The largest absolute Gasteiger partial charge is 0.373 e. The quantitative estimate of drug-likeness (QED) is 0.582. The van der Waals surface area contributed by atoms with Gasteiger partial charge in [0.05, 0.1) is 24.4 Å². The first-order chi connectivity index (χ1) is 14.7. The number of aliphatic imine (C=N–C) groups is 1. The first-order valence-electron chi connectivity index (χ1n) is 11.0. The number of hydrogen-bond donors (Lipinski definition) is 1. The fraction of sp³-hybridized carbons (Fsp3) is 0.565. The number of nitrogens with one attached hydrogen (secondary N) is 1. The molecule has 7 heteroatoms. The van der Waals surface area contributed by atoms with Gasteiger partial charge in [-0.15, -0.1) is 0 Å². The first-order valence-corrected chi connectivity index (χ1v) is 11.0. The van der Waals surface area contributed by atoms with Gasteiger partial charge in [0, 0.05) is 44.8 Å². The molecule has 0 amide bonds. The van der Waals surface area contributed by atoms with Crippen molar-refractivity contribution < 1.29 is 9.26 Å². The summed E-state index contributed by atoms with van der Waals surface area (Å²) in [6.45, 7) is 12.2. The third-order valence-electron chi connectivity index (χ3n) is 6.08. The summed E-state index contributed by atoms with van der Waals surface area (Å²) in [6.07, 6.45) is 1.07. The number of morpholine rings is 1. The molecule has 0 spiro atoms. The van der Waals surface area contributed by atoms with E-state index < -0.39 is 0 Å². The van der Waals surface area contributed by atoms with Crippen LogP contribution in [0.3, 0.4) is 0 Å². The number of hydrogen-bond acceptors (Lipinski definition) is 5. The molecule has 0 saturated carbocycles. The summed E-state index contributed by atoms with van der Waals surface area (Å²) < 4.78 is 11.4. The topological polar surface area (TPSA) is 66.1 Å². The van der Waals surface area contributed by atoms with Crippen molar-refractivity contribution in [1.29, 1.82) is 0 Å². The molecule has 2 aromatic rings. The monoisotopic (exact) mass is 411 g/mol. The molecule has 2 unspecified atom stereocenters. The van der Waals surface area contributed by atoms with E-state index in [2.05, 4.69) is 57.5 Å². The van der Waals surface area contributed by atoms with E-state index in [0.717, 1.165) is 63.2 Å². The van der Waals surface area contributed by atoms with Gasteiger partial charge in [-0.05, 0) is 32.8 Å². The second kappa shape index (κ2) is 9.62. The van der Waals surface area contributed by atoms with Gasteiger partial charge in [0.2, 0.25) is 0 Å². The Labute approximate surface area is 179 Å². The fourth-order valence-electron chi connectivity index (χ4n) is 4.50. The van der Waals surface area contributed by atoms with Crippen LogP contribution in [0.15, 0.2) is 39.8 Å². The number of aromatic nitrogens is 1. The van der Waals surface area contributed by atoms with Gasteiger partial charge < -0.3 is 19.5 Å². The van der Waals surface area contributed by atoms with E-state index in [1.54, 1.807) is 0 Å². The highest BCUT2D eigenvalue weighted by molar-refractivity contribution is 5.80. The normalized spacial score (nSPS) is 22.4. The number of fused-ring (bicyclic) bond motifs is 1. The second-order valence-corrected chi connectivity index (χ2v) is 8.13. The molecular formula is C23H33N5O2. The summed E-state index contributed by atoms with van der Waals surface area (Å²) in [7, 11) is 0. The number of guanidine groups is 1. The van der Waals surface area contributed by atoms with Gasteiger partial charge in [0.15, 0.2) is 5.96 Å². The third kappa shape index (κ3) is 4.68. The molecule has 0 bridgehead atoms. The predicted octanol–water partition coefficient (Wildman–Crippen LogP) is 2.38. The molecule has 1 N–H and O–H groups in total. The Hall–Kier alpha value is -2.38. The SMILES string of the molecule is CCNC(=NCCc1c(C)noc1C)N1CC2OCCN(Cc3ccccc3)C2C1. The zero-order valence-electron chi connectivity index (χ0n) is 18.3. The Bertz CT molecular complexity index is 831. The minimum Gasteiger partial charge on any atom is -0.373 e. The number of rotatable bonds is 6. The molecule has 30 heavy (non-hydrogen) atoms. The Morgan fingerprint density at radius 2 is 2.07 bits per heavy atom. The van der Waals surface area contributed by atoms with E-state index in [-0.39, 0.29) is 6.10 Å². The standard InChI is InChI=1S/C23H33N5O2/c1-4-24-23(25-11-10-20-17(2)26-30-18(20)3)28-15-21-22(16-28)29-13-12-27(21)14-19-8-6-5-7-9-19/h5-9,21-22H,4,10-16H2,1-3H3,(H,24,25). The molecule has 162 valence electrons. The van der Waals surface area contributed by atoms with Gasteiger partial charge >= 0.3 is 0 Å². The van der Waals surface area contributed by atoms with E-state index in [1.807, 2.05) is 13.8 Å². The van der Waals surface area contributed by atoms with E-state index in [0.29, 0.717) is 12.6 Å². The molecular weight excluding hydrogens is 378 g/mol. The van der Waals surface area contributed by atoms with Crippen LogP contribution in [0.25, 0.3) is 0 Å². The lowest BCUT2D eigenvalue weighted by atomic mass is 10.1. The number of ether oxygens (including phenoxy) is 1. The Balaban J connectivity index is 1.41. The third-order valence-corrected chi connectivity index (χ3v) is 6.08. The molecule has 0 aliphatic carbocycles. The Morgan fingerprint density at radius 3 is 2.80 bits per heavy atom. The summed E-state index contributed by atoms with van der Waals surface area (Å²) in [4.78, 5) is 9.83.